The standard InChI is InChI=1S/C19H22ClN3O4S2.BrH/c1-22(2)29(25,26)17-11-13(5-10-16(17)20)19(24)12-28-18(23(19)3)21-14-6-8-15(27-4)9-7-14;/h5-11,24H,12H2,1-4H3;1H/b21-18+;. The molecular formula is C19H23BrClN3O4S2. The number of halogens is 2. The van der Waals surface area contributed by atoms with E-state index in [-0.39, 0.29) is 26.9 Å². The Morgan fingerprint density at radius 3 is 2.43 bits per heavy atom. The van der Waals surface area contributed by atoms with Crippen molar-refractivity contribution < 1.29 is 18.3 Å². The second-order valence-electron chi connectivity index (χ2n) is 6.69. The molecule has 0 amide bonds. The number of rotatable bonds is 5. The van der Waals surface area contributed by atoms with Crippen LogP contribution in [0, 0.1) is 0 Å². The Kier molecular flexibility index (Phi) is 7.87. The molecule has 3 rings (SSSR count). The third kappa shape index (κ3) is 4.63. The maximum absolute atomic E-state index is 12.6. The lowest BCUT2D eigenvalue weighted by atomic mass is 10.0. The van der Waals surface area contributed by atoms with Crippen LogP contribution >= 0.6 is 40.3 Å². The number of nitrogens with zero attached hydrogens (tertiary/aromatic N) is 3. The predicted molar refractivity (Wildman–Crippen MR) is 127 cm³/mol. The molecule has 7 nitrogen and oxygen atoms in total. The van der Waals surface area contributed by atoms with Gasteiger partial charge in [-0.05, 0) is 36.4 Å². The summed E-state index contributed by atoms with van der Waals surface area (Å²) in [6.45, 7) is 0. The van der Waals surface area contributed by atoms with E-state index in [4.69, 9.17) is 16.3 Å². The van der Waals surface area contributed by atoms with Crippen LogP contribution in [0.15, 0.2) is 52.4 Å². The van der Waals surface area contributed by atoms with E-state index in [2.05, 4.69) is 4.99 Å². The molecule has 1 aliphatic heterocycles. The van der Waals surface area contributed by atoms with E-state index < -0.39 is 15.7 Å². The summed E-state index contributed by atoms with van der Waals surface area (Å²) in [5.41, 5.74) is -0.273. The number of benzene rings is 2. The smallest absolute Gasteiger partial charge is 0.244 e. The molecule has 2 aromatic carbocycles. The molecule has 164 valence electrons. The van der Waals surface area contributed by atoms with Gasteiger partial charge in [-0.15, -0.1) is 17.0 Å². The molecule has 1 fully saturated rings. The Labute approximate surface area is 196 Å². The lowest BCUT2D eigenvalue weighted by Gasteiger charge is -2.31. The average molecular weight is 537 g/mol. The number of hydrogen-bond acceptors (Lipinski definition) is 6. The Morgan fingerprint density at radius 2 is 1.87 bits per heavy atom. The van der Waals surface area contributed by atoms with Crippen LogP contribution in [0.3, 0.4) is 0 Å². The highest BCUT2D eigenvalue weighted by molar-refractivity contribution is 8.93. The molecule has 1 N–H and O–H groups in total. The maximum atomic E-state index is 12.6. The van der Waals surface area contributed by atoms with Crippen LogP contribution in [0.1, 0.15) is 5.56 Å². The van der Waals surface area contributed by atoms with Crippen molar-refractivity contribution in [1.29, 1.82) is 0 Å². The Bertz CT molecular complexity index is 1050. The molecule has 2 aromatic rings. The van der Waals surface area contributed by atoms with E-state index in [1.165, 1.54) is 38.0 Å². The van der Waals surface area contributed by atoms with Crippen LogP contribution in [-0.4, -0.2) is 61.9 Å². The minimum absolute atomic E-state index is 0. The minimum Gasteiger partial charge on any atom is -0.497 e. The Balaban J connectivity index is 0.00000320. The minimum atomic E-state index is -3.75. The number of thioether (sulfide) groups is 1. The maximum Gasteiger partial charge on any atom is 0.244 e. The van der Waals surface area contributed by atoms with Crippen molar-refractivity contribution in [2.24, 2.45) is 4.99 Å². The Hall–Kier alpha value is -1.30. The summed E-state index contributed by atoms with van der Waals surface area (Å²) >= 11 is 7.52. The van der Waals surface area contributed by atoms with E-state index in [9.17, 15) is 13.5 Å². The highest BCUT2D eigenvalue weighted by Gasteiger charge is 2.43. The third-order valence-corrected chi connectivity index (χ3v) is 8.16. The van der Waals surface area contributed by atoms with Crippen molar-refractivity contribution in [1.82, 2.24) is 9.21 Å². The summed E-state index contributed by atoms with van der Waals surface area (Å²) in [4.78, 5) is 6.18. The summed E-state index contributed by atoms with van der Waals surface area (Å²) in [7, 11) is 2.43. The summed E-state index contributed by atoms with van der Waals surface area (Å²) in [6, 6.07) is 11.8. The van der Waals surface area contributed by atoms with Gasteiger partial charge in [0.25, 0.3) is 0 Å². The lowest BCUT2D eigenvalue weighted by molar-refractivity contribution is -0.0349. The number of ether oxygens (including phenoxy) is 1. The second-order valence-corrected chi connectivity index (χ2v) is 10.2. The van der Waals surface area contributed by atoms with Crippen LogP contribution in [0.2, 0.25) is 5.02 Å². The number of sulfonamides is 1. The summed E-state index contributed by atoms with van der Waals surface area (Å²) in [5, 5.41) is 12.1. The highest BCUT2D eigenvalue weighted by atomic mass is 79.9. The molecule has 0 saturated carbocycles. The molecule has 0 aromatic heterocycles. The molecule has 1 heterocycles. The average Bonchev–Trinajstić information content (AvgIpc) is 2.98. The molecule has 0 bridgehead atoms. The molecule has 11 heteroatoms. The predicted octanol–water partition coefficient (Wildman–Crippen LogP) is 3.69. The number of amidine groups is 1. The largest absolute Gasteiger partial charge is 0.497 e. The van der Waals surface area contributed by atoms with Gasteiger partial charge in [0.15, 0.2) is 10.9 Å². The van der Waals surface area contributed by atoms with Crippen LogP contribution in [-0.2, 0) is 15.7 Å². The van der Waals surface area contributed by atoms with Gasteiger partial charge in [0.1, 0.15) is 10.6 Å². The molecule has 1 unspecified atom stereocenters. The molecule has 0 radical (unpaired) electrons. The van der Waals surface area contributed by atoms with Crippen molar-refractivity contribution in [3.8, 4) is 5.75 Å². The van der Waals surface area contributed by atoms with Crippen molar-refractivity contribution in [2.75, 3.05) is 34.0 Å². The van der Waals surface area contributed by atoms with Crippen molar-refractivity contribution in [2.45, 2.75) is 10.6 Å². The topological polar surface area (TPSA) is 82.4 Å². The van der Waals surface area contributed by atoms with Gasteiger partial charge in [-0.3, -0.25) is 0 Å². The van der Waals surface area contributed by atoms with E-state index in [1.807, 2.05) is 24.3 Å². The first-order chi connectivity index (χ1) is 13.6. The van der Waals surface area contributed by atoms with Crippen molar-refractivity contribution in [3.05, 3.63) is 53.1 Å². The van der Waals surface area contributed by atoms with Gasteiger partial charge in [-0.25, -0.2) is 17.7 Å². The number of aliphatic hydroxyl groups is 1. The first-order valence-corrected chi connectivity index (χ1v) is 11.4. The van der Waals surface area contributed by atoms with Gasteiger partial charge in [-0.1, -0.05) is 29.4 Å². The van der Waals surface area contributed by atoms with E-state index in [0.29, 0.717) is 16.5 Å². The second kappa shape index (κ2) is 9.46. The first kappa shape index (κ1) is 25.0. The fourth-order valence-electron chi connectivity index (χ4n) is 2.82. The van der Waals surface area contributed by atoms with Crippen molar-refractivity contribution >= 4 is 61.2 Å². The molecular weight excluding hydrogens is 514 g/mol. The van der Waals surface area contributed by atoms with Crippen LogP contribution in [0.25, 0.3) is 0 Å². The van der Waals surface area contributed by atoms with Gasteiger partial charge < -0.3 is 14.7 Å². The monoisotopic (exact) mass is 535 g/mol. The van der Waals surface area contributed by atoms with Crippen LogP contribution < -0.4 is 4.74 Å². The zero-order valence-electron chi connectivity index (χ0n) is 16.9. The molecule has 1 aliphatic rings. The van der Waals surface area contributed by atoms with Gasteiger partial charge >= 0.3 is 0 Å². The summed E-state index contributed by atoms with van der Waals surface area (Å²) in [6.07, 6.45) is 0. The number of hydrogen-bond donors (Lipinski definition) is 1. The molecule has 0 spiro atoms. The first-order valence-electron chi connectivity index (χ1n) is 8.64. The van der Waals surface area contributed by atoms with Gasteiger partial charge in [0.05, 0.1) is 23.6 Å². The van der Waals surface area contributed by atoms with E-state index in [1.54, 1.807) is 25.1 Å². The van der Waals surface area contributed by atoms with Gasteiger partial charge in [0.2, 0.25) is 10.0 Å². The normalized spacial score (nSPS) is 20.5. The van der Waals surface area contributed by atoms with Crippen LogP contribution in [0.4, 0.5) is 5.69 Å². The van der Waals surface area contributed by atoms with E-state index >= 15 is 0 Å². The van der Waals surface area contributed by atoms with E-state index in [0.717, 1.165) is 15.7 Å². The number of methoxy groups -OCH3 is 1. The van der Waals surface area contributed by atoms with Gasteiger partial charge in [-0.2, -0.15) is 0 Å². The molecule has 1 saturated heterocycles. The Morgan fingerprint density at radius 1 is 1.23 bits per heavy atom. The fraction of sp³-hybridized carbons (Fsp3) is 0.316. The SMILES string of the molecule is Br.COc1ccc(/N=C2/SCC(O)(c3ccc(Cl)c(S(=O)(=O)N(C)C)c3)N2C)cc1. The highest BCUT2D eigenvalue weighted by Crippen LogP contribution is 2.40. The lowest BCUT2D eigenvalue weighted by Crippen LogP contribution is -2.42. The molecule has 30 heavy (non-hydrogen) atoms. The fourth-order valence-corrected chi connectivity index (χ4v) is 5.41. The van der Waals surface area contributed by atoms with Crippen molar-refractivity contribution in [3.63, 3.8) is 0 Å². The third-order valence-electron chi connectivity index (χ3n) is 4.69. The van der Waals surface area contributed by atoms with Gasteiger partial charge in [0, 0.05) is 26.7 Å². The number of aliphatic imine (C=N–C) groups is 1. The zero-order valence-corrected chi connectivity index (χ0v) is 21.0. The summed E-state index contributed by atoms with van der Waals surface area (Å²) in [5.74, 6) is 1.02. The summed E-state index contributed by atoms with van der Waals surface area (Å²) < 4.78 is 31.4. The molecule has 0 aliphatic carbocycles. The quantitative estimate of drug-likeness (QED) is 0.628. The molecule has 1 atom stereocenters. The van der Waals surface area contributed by atoms with Crippen LogP contribution in [0.5, 0.6) is 5.75 Å². The zero-order chi connectivity index (χ0) is 21.4.